The summed E-state index contributed by atoms with van der Waals surface area (Å²) in [6, 6.07) is 10.2. The summed E-state index contributed by atoms with van der Waals surface area (Å²) in [5.74, 6) is 0. The fourth-order valence-corrected chi connectivity index (χ4v) is 2.78. The van der Waals surface area contributed by atoms with E-state index in [4.69, 9.17) is 0 Å². The lowest BCUT2D eigenvalue weighted by Gasteiger charge is -2.35. The number of carbonyl (C=O) groups is 1. The molecule has 1 saturated heterocycles. The third kappa shape index (κ3) is 2.91. The first kappa shape index (κ1) is 12.9. The third-order valence-corrected chi connectivity index (χ3v) is 4.02. The number of piperazine rings is 1. The van der Waals surface area contributed by atoms with Crippen molar-refractivity contribution in [2.75, 3.05) is 36.4 Å². The Balaban J connectivity index is 1.54. The van der Waals surface area contributed by atoms with Gasteiger partial charge in [0, 0.05) is 43.4 Å². The number of hydrogen-bond acceptors (Lipinski definition) is 4. The highest BCUT2D eigenvalue weighted by Gasteiger charge is 2.21. The van der Waals surface area contributed by atoms with Gasteiger partial charge in [0.2, 0.25) is 0 Å². The molecule has 1 aromatic carbocycles. The molecule has 0 aliphatic carbocycles. The Morgan fingerprint density at radius 3 is 2.55 bits per heavy atom. The molecule has 20 heavy (non-hydrogen) atoms. The third-order valence-electron chi connectivity index (χ3n) is 3.33. The zero-order valence-corrected chi connectivity index (χ0v) is 11.8. The lowest BCUT2D eigenvalue weighted by atomic mass is 10.2. The van der Waals surface area contributed by atoms with E-state index in [1.165, 1.54) is 17.0 Å². The van der Waals surface area contributed by atoms with Crippen molar-refractivity contribution in [2.24, 2.45) is 0 Å². The summed E-state index contributed by atoms with van der Waals surface area (Å²) in [6.45, 7) is 3.17. The van der Waals surface area contributed by atoms with Gasteiger partial charge in [-0.1, -0.05) is 18.2 Å². The minimum atomic E-state index is -0.0624. The molecule has 2 amide bonds. The first-order valence-corrected chi connectivity index (χ1v) is 7.46. The van der Waals surface area contributed by atoms with Gasteiger partial charge in [-0.25, -0.2) is 9.78 Å². The maximum atomic E-state index is 12.1. The molecule has 5 nitrogen and oxygen atoms in total. The Labute approximate surface area is 121 Å². The van der Waals surface area contributed by atoms with Crippen LogP contribution in [-0.4, -0.2) is 42.1 Å². The molecule has 1 aromatic heterocycles. The summed E-state index contributed by atoms with van der Waals surface area (Å²) < 4.78 is 0. The number of aromatic nitrogens is 1. The number of nitrogens with zero attached hydrogens (tertiary/aromatic N) is 3. The van der Waals surface area contributed by atoms with Crippen LogP contribution in [0.3, 0.4) is 0 Å². The zero-order valence-electron chi connectivity index (χ0n) is 11.0. The quantitative estimate of drug-likeness (QED) is 0.923. The fraction of sp³-hybridized carbons (Fsp3) is 0.286. The Bertz CT molecular complexity index is 550. The van der Waals surface area contributed by atoms with Crippen LogP contribution >= 0.6 is 11.3 Å². The lowest BCUT2D eigenvalue weighted by molar-refractivity contribution is 0.208. The van der Waals surface area contributed by atoms with E-state index in [-0.39, 0.29) is 6.03 Å². The number of nitrogens with one attached hydrogen (secondary N) is 1. The molecule has 0 atom stereocenters. The van der Waals surface area contributed by atoms with Crippen LogP contribution in [0.1, 0.15) is 0 Å². The Morgan fingerprint density at radius 1 is 1.15 bits per heavy atom. The van der Waals surface area contributed by atoms with Crippen molar-refractivity contribution in [3.8, 4) is 0 Å². The first-order valence-electron chi connectivity index (χ1n) is 6.58. The second-order valence-corrected chi connectivity index (χ2v) is 5.47. The van der Waals surface area contributed by atoms with Gasteiger partial charge in [-0.05, 0) is 12.1 Å². The van der Waals surface area contributed by atoms with Crippen LogP contribution in [0.2, 0.25) is 0 Å². The van der Waals surface area contributed by atoms with Gasteiger partial charge in [0.25, 0.3) is 0 Å². The van der Waals surface area contributed by atoms with E-state index < -0.39 is 0 Å². The van der Waals surface area contributed by atoms with E-state index in [2.05, 4.69) is 27.3 Å². The SMILES string of the molecule is O=C(Nc1nccs1)N1CCN(c2ccccc2)CC1. The number of rotatable bonds is 2. The molecule has 104 valence electrons. The minimum Gasteiger partial charge on any atom is -0.368 e. The van der Waals surface area contributed by atoms with E-state index in [9.17, 15) is 4.79 Å². The highest BCUT2D eigenvalue weighted by Crippen LogP contribution is 2.16. The fourth-order valence-electron chi connectivity index (χ4n) is 2.26. The van der Waals surface area contributed by atoms with Crippen molar-refractivity contribution in [1.29, 1.82) is 0 Å². The first-order chi connectivity index (χ1) is 9.83. The highest BCUT2D eigenvalue weighted by atomic mass is 32.1. The van der Waals surface area contributed by atoms with Crippen LogP contribution in [0, 0.1) is 0 Å². The maximum Gasteiger partial charge on any atom is 0.323 e. The van der Waals surface area contributed by atoms with Gasteiger partial charge in [0.05, 0.1) is 0 Å². The largest absolute Gasteiger partial charge is 0.368 e. The highest BCUT2D eigenvalue weighted by molar-refractivity contribution is 7.13. The molecular formula is C14H16N4OS. The standard InChI is InChI=1S/C14H16N4OS/c19-14(16-13-15-6-11-20-13)18-9-7-17(8-10-18)12-4-2-1-3-5-12/h1-6,11H,7-10H2,(H,15,16,19). The smallest absolute Gasteiger partial charge is 0.323 e. The van der Waals surface area contributed by atoms with Crippen molar-refractivity contribution in [1.82, 2.24) is 9.88 Å². The summed E-state index contributed by atoms with van der Waals surface area (Å²) >= 11 is 1.43. The predicted molar refractivity (Wildman–Crippen MR) is 81.4 cm³/mol. The average molecular weight is 288 g/mol. The number of thiazole rings is 1. The zero-order chi connectivity index (χ0) is 13.8. The van der Waals surface area contributed by atoms with Gasteiger partial charge >= 0.3 is 6.03 Å². The number of urea groups is 1. The lowest BCUT2D eigenvalue weighted by Crippen LogP contribution is -2.50. The molecule has 0 spiro atoms. The van der Waals surface area contributed by atoms with Crippen molar-refractivity contribution < 1.29 is 4.79 Å². The van der Waals surface area contributed by atoms with Crippen LogP contribution in [0.25, 0.3) is 0 Å². The summed E-state index contributed by atoms with van der Waals surface area (Å²) in [5.41, 5.74) is 1.22. The summed E-state index contributed by atoms with van der Waals surface area (Å²) in [6.07, 6.45) is 1.69. The summed E-state index contributed by atoms with van der Waals surface area (Å²) in [7, 11) is 0. The van der Waals surface area contributed by atoms with E-state index in [0.29, 0.717) is 5.13 Å². The normalized spacial score (nSPS) is 15.2. The summed E-state index contributed by atoms with van der Waals surface area (Å²) in [4.78, 5) is 20.3. The van der Waals surface area contributed by atoms with E-state index in [0.717, 1.165) is 26.2 Å². The molecule has 1 aliphatic rings. The van der Waals surface area contributed by atoms with Crippen LogP contribution < -0.4 is 10.2 Å². The number of benzene rings is 1. The molecule has 6 heteroatoms. The second-order valence-electron chi connectivity index (χ2n) is 4.58. The monoisotopic (exact) mass is 288 g/mol. The second kappa shape index (κ2) is 5.92. The molecule has 0 radical (unpaired) electrons. The molecule has 0 saturated carbocycles. The van der Waals surface area contributed by atoms with Crippen molar-refractivity contribution >= 4 is 28.2 Å². The van der Waals surface area contributed by atoms with Gasteiger partial charge in [-0.3, -0.25) is 5.32 Å². The van der Waals surface area contributed by atoms with Crippen LogP contribution in [0.4, 0.5) is 15.6 Å². The van der Waals surface area contributed by atoms with Gasteiger partial charge in [-0.15, -0.1) is 11.3 Å². The molecule has 1 fully saturated rings. The molecular weight excluding hydrogens is 272 g/mol. The van der Waals surface area contributed by atoms with E-state index >= 15 is 0 Å². The van der Waals surface area contributed by atoms with Crippen molar-refractivity contribution in [2.45, 2.75) is 0 Å². The number of hydrogen-bond donors (Lipinski definition) is 1. The Morgan fingerprint density at radius 2 is 1.90 bits per heavy atom. The average Bonchev–Trinajstić information content (AvgIpc) is 3.01. The van der Waals surface area contributed by atoms with Gasteiger partial charge < -0.3 is 9.80 Å². The van der Waals surface area contributed by atoms with Crippen LogP contribution in [-0.2, 0) is 0 Å². The predicted octanol–water partition coefficient (Wildman–Crippen LogP) is 2.50. The van der Waals surface area contributed by atoms with Crippen molar-refractivity contribution in [3.63, 3.8) is 0 Å². The molecule has 2 aromatic rings. The number of anilines is 2. The van der Waals surface area contributed by atoms with Gasteiger partial charge in [0.1, 0.15) is 0 Å². The number of carbonyl (C=O) groups excluding carboxylic acids is 1. The Kier molecular flexibility index (Phi) is 3.83. The van der Waals surface area contributed by atoms with Crippen molar-refractivity contribution in [3.05, 3.63) is 41.9 Å². The number of amides is 2. The van der Waals surface area contributed by atoms with Crippen LogP contribution in [0.5, 0.6) is 0 Å². The molecule has 1 N–H and O–H groups in total. The molecule has 3 rings (SSSR count). The van der Waals surface area contributed by atoms with E-state index in [1.54, 1.807) is 6.20 Å². The Hall–Kier alpha value is -2.08. The summed E-state index contributed by atoms with van der Waals surface area (Å²) in [5, 5.41) is 5.33. The molecule has 0 bridgehead atoms. The maximum absolute atomic E-state index is 12.1. The van der Waals surface area contributed by atoms with Gasteiger partial charge in [0.15, 0.2) is 5.13 Å². The molecule has 1 aliphatic heterocycles. The topological polar surface area (TPSA) is 48.5 Å². The van der Waals surface area contributed by atoms with Gasteiger partial charge in [-0.2, -0.15) is 0 Å². The minimum absolute atomic E-state index is 0.0624. The molecule has 0 unspecified atom stereocenters. The van der Waals surface area contributed by atoms with Crippen LogP contribution in [0.15, 0.2) is 41.9 Å². The van der Waals surface area contributed by atoms with E-state index in [1.807, 2.05) is 28.5 Å². The number of para-hydroxylation sites is 1. The molecule has 2 heterocycles.